The van der Waals surface area contributed by atoms with E-state index in [1.165, 1.54) is 19.4 Å². The summed E-state index contributed by atoms with van der Waals surface area (Å²) < 4.78 is 4.78. The Balaban J connectivity index is 2.50. The first-order valence-electron chi connectivity index (χ1n) is 5.75. The molecule has 0 saturated heterocycles. The lowest BCUT2D eigenvalue weighted by molar-refractivity contribution is -0.133. The molecule has 0 spiro atoms. The third-order valence-electron chi connectivity index (χ3n) is 2.60. The largest absolute Gasteiger partial charge is 0.465 e. The predicted molar refractivity (Wildman–Crippen MR) is 73.4 cm³/mol. The molecule has 0 unspecified atom stereocenters. The van der Waals surface area contributed by atoms with Gasteiger partial charge in [-0.25, -0.2) is 4.79 Å². The van der Waals surface area contributed by atoms with Gasteiger partial charge >= 0.3 is 5.97 Å². The molecule has 0 saturated carbocycles. The van der Waals surface area contributed by atoms with E-state index in [2.05, 4.69) is 4.98 Å². The maximum Gasteiger partial charge on any atom is 0.338 e. The molecule has 1 aromatic heterocycles. The summed E-state index contributed by atoms with van der Waals surface area (Å²) in [5.74, 6) is -0.438. The zero-order valence-electron chi connectivity index (χ0n) is 10.4. The zero-order valence-corrected chi connectivity index (χ0v) is 10.4. The normalized spacial score (nSPS) is 11.1. The van der Waals surface area contributed by atoms with Gasteiger partial charge in [-0.15, -0.1) is 0 Å². The van der Waals surface area contributed by atoms with Gasteiger partial charge in [0.2, 0.25) is 5.56 Å². The van der Waals surface area contributed by atoms with Crippen molar-refractivity contribution in [2.75, 3.05) is 7.11 Å². The van der Waals surface area contributed by atoms with Crippen LogP contribution < -0.4 is 5.56 Å². The second kappa shape index (κ2) is 5.82. The molecule has 0 radical (unpaired) electrons. The highest BCUT2D eigenvalue weighted by molar-refractivity contribution is 6.21. The fourth-order valence-corrected chi connectivity index (χ4v) is 1.71. The Morgan fingerprint density at radius 1 is 1.21 bits per heavy atom. The number of aromatic nitrogens is 1. The summed E-state index contributed by atoms with van der Waals surface area (Å²) in [6.07, 6.45) is 3.17. The van der Waals surface area contributed by atoms with Gasteiger partial charge in [-0.1, -0.05) is 30.3 Å². The fourth-order valence-electron chi connectivity index (χ4n) is 1.71. The van der Waals surface area contributed by atoms with Crippen LogP contribution in [0.1, 0.15) is 11.1 Å². The molecule has 4 heteroatoms. The Hall–Kier alpha value is -2.62. The van der Waals surface area contributed by atoms with E-state index in [1.54, 1.807) is 12.1 Å². The summed E-state index contributed by atoms with van der Waals surface area (Å²) >= 11 is 0. The number of rotatable bonds is 3. The summed E-state index contributed by atoms with van der Waals surface area (Å²) in [4.78, 5) is 25.6. The van der Waals surface area contributed by atoms with Crippen molar-refractivity contribution in [3.05, 3.63) is 70.1 Å². The quantitative estimate of drug-likeness (QED) is 0.675. The number of carbonyl (C=O) groups is 1. The van der Waals surface area contributed by atoms with Gasteiger partial charge < -0.3 is 9.72 Å². The number of aromatic amines is 1. The molecule has 0 aliphatic heterocycles. The first-order chi connectivity index (χ1) is 9.20. The molecular weight excluding hydrogens is 242 g/mol. The van der Waals surface area contributed by atoms with Crippen LogP contribution in [0.15, 0.2) is 53.5 Å². The average Bonchev–Trinajstić information content (AvgIpc) is 2.45. The van der Waals surface area contributed by atoms with Gasteiger partial charge in [0.1, 0.15) is 0 Å². The number of ether oxygens (including phenoxy) is 1. The van der Waals surface area contributed by atoms with Crippen LogP contribution in [0.5, 0.6) is 0 Å². The zero-order chi connectivity index (χ0) is 13.7. The Morgan fingerprint density at radius 2 is 1.95 bits per heavy atom. The minimum atomic E-state index is -0.438. The van der Waals surface area contributed by atoms with Crippen molar-refractivity contribution in [1.82, 2.24) is 4.98 Å². The van der Waals surface area contributed by atoms with Gasteiger partial charge in [-0.2, -0.15) is 0 Å². The first-order valence-corrected chi connectivity index (χ1v) is 5.75. The summed E-state index contributed by atoms with van der Waals surface area (Å²) in [5.41, 5.74) is 1.59. The SMILES string of the molecule is COC(=O)/C(=C\c1cc[nH]c(=O)c1)c1ccccc1. The van der Waals surface area contributed by atoms with E-state index in [-0.39, 0.29) is 5.56 Å². The smallest absolute Gasteiger partial charge is 0.338 e. The van der Waals surface area contributed by atoms with Gasteiger partial charge in [0.15, 0.2) is 0 Å². The Labute approximate surface area is 110 Å². The highest BCUT2D eigenvalue weighted by Crippen LogP contribution is 2.18. The third-order valence-corrected chi connectivity index (χ3v) is 2.60. The monoisotopic (exact) mass is 255 g/mol. The molecular formula is C15H13NO3. The van der Waals surface area contributed by atoms with E-state index in [0.29, 0.717) is 11.1 Å². The molecule has 19 heavy (non-hydrogen) atoms. The van der Waals surface area contributed by atoms with Crippen LogP contribution in [-0.2, 0) is 9.53 Å². The topological polar surface area (TPSA) is 59.2 Å². The molecule has 1 N–H and O–H groups in total. The van der Waals surface area contributed by atoms with E-state index in [0.717, 1.165) is 5.56 Å². The van der Waals surface area contributed by atoms with Crippen molar-refractivity contribution < 1.29 is 9.53 Å². The third kappa shape index (κ3) is 3.19. The van der Waals surface area contributed by atoms with Crippen molar-refractivity contribution in [1.29, 1.82) is 0 Å². The second-order valence-corrected chi connectivity index (χ2v) is 3.90. The minimum absolute atomic E-state index is 0.217. The van der Waals surface area contributed by atoms with E-state index in [9.17, 15) is 9.59 Å². The fraction of sp³-hybridized carbons (Fsp3) is 0.0667. The van der Waals surface area contributed by atoms with Gasteiger partial charge in [-0.05, 0) is 23.3 Å². The van der Waals surface area contributed by atoms with E-state index in [1.807, 2.05) is 30.3 Å². The average molecular weight is 255 g/mol. The summed E-state index contributed by atoms with van der Waals surface area (Å²) in [6, 6.07) is 12.3. The molecule has 0 amide bonds. The molecule has 0 bridgehead atoms. The second-order valence-electron chi connectivity index (χ2n) is 3.90. The lowest BCUT2D eigenvalue weighted by atomic mass is 10.0. The number of nitrogens with one attached hydrogen (secondary N) is 1. The molecule has 0 atom stereocenters. The molecule has 1 heterocycles. The van der Waals surface area contributed by atoms with Crippen LogP contribution in [-0.4, -0.2) is 18.1 Å². The highest BCUT2D eigenvalue weighted by Gasteiger charge is 2.11. The van der Waals surface area contributed by atoms with E-state index >= 15 is 0 Å². The van der Waals surface area contributed by atoms with Crippen LogP contribution in [0, 0.1) is 0 Å². The Kier molecular flexibility index (Phi) is 3.93. The number of carbonyl (C=O) groups excluding carboxylic acids is 1. The van der Waals surface area contributed by atoms with Gasteiger partial charge in [-0.3, -0.25) is 4.79 Å². The number of benzene rings is 1. The molecule has 2 aromatic rings. The number of hydrogen-bond acceptors (Lipinski definition) is 3. The molecule has 0 aliphatic carbocycles. The number of pyridine rings is 1. The maximum absolute atomic E-state index is 11.8. The number of H-pyrrole nitrogens is 1. The van der Waals surface area contributed by atoms with Gasteiger partial charge in [0.25, 0.3) is 0 Å². The van der Waals surface area contributed by atoms with Gasteiger partial charge in [0, 0.05) is 12.3 Å². The van der Waals surface area contributed by atoms with Crippen LogP contribution in [0.25, 0.3) is 11.6 Å². The maximum atomic E-state index is 11.8. The van der Waals surface area contributed by atoms with Crippen molar-refractivity contribution in [3.63, 3.8) is 0 Å². The number of methoxy groups -OCH3 is 1. The van der Waals surface area contributed by atoms with Crippen molar-refractivity contribution in [2.45, 2.75) is 0 Å². The first kappa shape index (κ1) is 12.8. The Morgan fingerprint density at radius 3 is 2.58 bits per heavy atom. The van der Waals surface area contributed by atoms with Crippen molar-refractivity contribution >= 4 is 17.6 Å². The molecule has 2 rings (SSSR count). The van der Waals surface area contributed by atoms with Crippen molar-refractivity contribution in [3.8, 4) is 0 Å². The highest BCUT2D eigenvalue weighted by atomic mass is 16.5. The van der Waals surface area contributed by atoms with Crippen LogP contribution in [0.3, 0.4) is 0 Å². The molecule has 0 fully saturated rings. The van der Waals surface area contributed by atoms with E-state index < -0.39 is 5.97 Å². The summed E-state index contributed by atoms with van der Waals surface area (Å²) in [7, 11) is 1.33. The summed E-state index contributed by atoms with van der Waals surface area (Å²) in [6.45, 7) is 0. The lowest BCUT2D eigenvalue weighted by Crippen LogP contribution is -2.05. The molecule has 0 aliphatic rings. The number of hydrogen-bond donors (Lipinski definition) is 1. The molecule has 1 aromatic carbocycles. The Bertz CT molecular complexity index is 656. The number of esters is 1. The van der Waals surface area contributed by atoms with E-state index in [4.69, 9.17) is 4.74 Å². The van der Waals surface area contributed by atoms with Crippen LogP contribution >= 0.6 is 0 Å². The standard InChI is InChI=1S/C15H13NO3/c1-19-15(18)13(12-5-3-2-4-6-12)9-11-7-8-16-14(17)10-11/h2-10H,1H3,(H,16,17)/b13-9-. The summed E-state index contributed by atoms with van der Waals surface area (Å²) in [5, 5.41) is 0. The van der Waals surface area contributed by atoms with Crippen LogP contribution in [0.2, 0.25) is 0 Å². The van der Waals surface area contributed by atoms with Gasteiger partial charge in [0.05, 0.1) is 12.7 Å². The van der Waals surface area contributed by atoms with Crippen LogP contribution in [0.4, 0.5) is 0 Å². The van der Waals surface area contributed by atoms with Crippen molar-refractivity contribution in [2.24, 2.45) is 0 Å². The predicted octanol–water partition coefficient (Wildman–Crippen LogP) is 2.09. The molecule has 4 nitrogen and oxygen atoms in total. The minimum Gasteiger partial charge on any atom is -0.465 e. The molecule has 96 valence electrons. The lowest BCUT2D eigenvalue weighted by Gasteiger charge is -2.05.